The van der Waals surface area contributed by atoms with Crippen LogP contribution in [0.1, 0.15) is 39.0 Å². The molecule has 0 aromatic carbocycles. The van der Waals surface area contributed by atoms with E-state index in [9.17, 15) is 0 Å². The van der Waals surface area contributed by atoms with Crippen molar-refractivity contribution >= 4 is 0 Å². The lowest BCUT2D eigenvalue weighted by Crippen LogP contribution is -2.35. The molecule has 0 amide bonds. The minimum Gasteiger partial charge on any atom is -0.356 e. The molecular formula is C11H20N2. The highest BCUT2D eigenvalue weighted by atomic mass is 15.4. The molecule has 0 aromatic rings. The van der Waals surface area contributed by atoms with Gasteiger partial charge in [0.05, 0.1) is 0 Å². The summed E-state index contributed by atoms with van der Waals surface area (Å²) in [6.45, 7) is 2.27. The Bertz CT molecular complexity index is 210. The molecule has 2 heteroatoms. The first kappa shape index (κ1) is 8.92. The van der Waals surface area contributed by atoms with E-state index < -0.39 is 0 Å². The molecule has 74 valence electrons. The molecule has 0 saturated carbocycles. The van der Waals surface area contributed by atoms with Gasteiger partial charge in [0.15, 0.2) is 0 Å². The summed E-state index contributed by atoms with van der Waals surface area (Å²) < 4.78 is 0. The Kier molecular flexibility index (Phi) is 2.22. The average Bonchev–Trinajstić information content (AvgIpc) is 2.41. The van der Waals surface area contributed by atoms with Gasteiger partial charge in [-0.2, -0.15) is 0 Å². The monoisotopic (exact) mass is 180 g/mol. The second-order valence-corrected chi connectivity index (χ2v) is 4.21. The van der Waals surface area contributed by atoms with Crippen molar-refractivity contribution in [2.24, 2.45) is 0 Å². The van der Waals surface area contributed by atoms with Gasteiger partial charge in [-0.25, -0.2) is 0 Å². The van der Waals surface area contributed by atoms with Gasteiger partial charge >= 0.3 is 0 Å². The minimum absolute atomic E-state index is 0.628. The van der Waals surface area contributed by atoms with Crippen LogP contribution >= 0.6 is 0 Å². The van der Waals surface area contributed by atoms with Crippen molar-refractivity contribution in [3.63, 3.8) is 0 Å². The fourth-order valence-corrected chi connectivity index (χ4v) is 2.80. The van der Waals surface area contributed by atoms with E-state index in [-0.39, 0.29) is 0 Å². The Morgan fingerprint density at radius 3 is 1.92 bits per heavy atom. The number of allylic oxidation sites excluding steroid dienone is 2. The molecule has 1 aliphatic heterocycles. The normalized spacial score (nSPS) is 24.2. The predicted octanol–water partition coefficient (Wildman–Crippen LogP) is 2.39. The van der Waals surface area contributed by atoms with Crippen LogP contribution in [0.25, 0.3) is 0 Å². The highest BCUT2D eigenvalue weighted by Gasteiger charge is 2.32. The molecule has 2 rings (SSSR count). The zero-order chi connectivity index (χ0) is 9.42. The first-order chi connectivity index (χ1) is 6.25. The Balaban J connectivity index is 2.24. The summed E-state index contributed by atoms with van der Waals surface area (Å²) in [6, 6.07) is 0. The first-order valence-corrected chi connectivity index (χ1v) is 5.43. The molecule has 0 bridgehead atoms. The summed E-state index contributed by atoms with van der Waals surface area (Å²) in [5, 5.41) is 0. The van der Waals surface area contributed by atoms with Gasteiger partial charge in [-0.3, -0.25) is 0 Å². The maximum atomic E-state index is 2.48. The van der Waals surface area contributed by atoms with Crippen molar-refractivity contribution in [3.05, 3.63) is 11.4 Å². The van der Waals surface area contributed by atoms with Gasteiger partial charge in [0.25, 0.3) is 0 Å². The Morgan fingerprint density at radius 1 is 1.08 bits per heavy atom. The van der Waals surface area contributed by atoms with Crippen molar-refractivity contribution in [1.82, 2.24) is 9.80 Å². The number of nitrogens with zero attached hydrogens (tertiary/aromatic N) is 2. The first-order valence-electron chi connectivity index (χ1n) is 5.43. The third kappa shape index (κ3) is 1.23. The predicted molar refractivity (Wildman–Crippen MR) is 55.1 cm³/mol. The zero-order valence-corrected chi connectivity index (χ0v) is 9.01. The summed E-state index contributed by atoms with van der Waals surface area (Å²) in [6.07, 6.45) is 7.21. The van der Waals surface area contributed by atoms with Crippen molar-refractivity contribution in [1.29, 1.82) is 0 Å². The summed E-state index contributed by atoms with van der Waals surface area (Å²) in [5.74, 6) is 0. The van der Waals surface area contributed by atoms with Gasteiger partial charge in [-0.1, -0.05) is 6.92 Å². The maximum Gasteiger partial charge on any atom is 0.100 e. The van der Waals surface area contributed by atoms with Crippen LogP contribution < -0.4 is 0 Å². The zero-order valence-electron chi connectivity index (χ0n) is 9.01. The van der Waals surface area contributed by atoms with Crippen LogP contribution in [0.5, 0.6) is 0 Å². The van der Waals surface area contributed by atoms with E-state index in [1.165, 1.54) is 32.1 Å². The molecule has 0 aromatic heterocycles. The lowest BCUT2D eigenvalue weighted by Gasteiger charge is -2.28. The van der Waals surface area contributed by atoms with Crippen molar-refractivity contribution in [3.8, 4) is 0 Å². The smallest absolute Gasteiger partial charge is 0.100 e. The largest absolute Gasteiger partial charge is 0.356 e. The van der Waals surface area contributed by atoms with Crippen LogP contribution in [-0.2, 0) is 0 Å². The van der Waals surface area contributed by atoms with E-state index in [1.54, 1.807) is 11.4 Å². The summed E-state index contributed by atoms with van der Waals surface area (Å²) >= 11 is 0. The van der Waals surface area contributed by atoms with Crippen molar-refractivity contribution in [2.75, 3.05) is 14.1 Å². The standard InChI is InChI=1S/C11H20N2/c1-4-11-12(2)9-7-5-6-8-10(9)13(11)3/h11H,4-8H2,1-3H3. The molecule has 13 heavy (non-hydrogen) atoms. The summed E-state index contributed by atoms with van der Waals surface area (Å²) in [5.41, 5.74) is 3.22. The van der Waals surface area contributed by atoms with Gasteiger partial charge in [0.1, 0.15) is 6.17 Å². The van der Waals surface area contributed by atoms with Crippen LogP contribution in [0.15, 0.2) is 11.4 Å². The fraction of sp³-hybridized carbons (Fsp3) is 0.818. The second kappa shape index (κ2) is 3.24. The number of rotatable bonds is 1. The topological polar surface area (TPSA) is 6.48 Å². The van der Waals surface area contributed by atoms with E-state index in [0.717, 1.165) is 0 Å². The number of hydrogen-bond acceptors (Lipinski definition) is 2. The molecular weight excluding hydrogens is 160 g/mol. The van der Waals surface area contributed by atoms with Crippen molar-refractivity contribution in [2.45, 2.75) is 45.2 Å². The quantitative estimate of drug-likeness (QED) is 0.611. The molecule has 0 fully saturated rings. The Morgan fingerprint density at radius 2 is 1.54 bits per heavy atom. The molecule has 0 N–H and O–H groups in total. The SMILES string of the molecule is CCC1N(C)C2=C(CCCC2)N1C. The molecule has 0 spiro atoms. The average molecular weight is 180 g/mol. The molecule has 1 heterocycles. The fourth-order valence-electron chi connectivity index (χ4n) is 2.80. The summed E-state index contributed by atoms with van der Waals surface area (Å²) in [4.78, 5) is 4.96. The molecule has 0 saturated heterocycles. The van der Waals surface area contributed by atoms with E-state index in [2.05, 4.69) is 30.8 Å². The number of hydrogen-bond donors (Lipinski definition) is 0. The second-order valence-electron chi connectivity index (χ2n) is 4.21. The van der Waals surface area contributed by atoms with Crippen LogP contribution in [0.2, 0.25) is 0 Å². The minimum atomic E-state index is 0.628. The van der Waals surface area contributed by atoms with E-state index in [0.29, 0.717) is 6.17 Å². The van der Waals surface area contributed by atoms with Gasteiger partial charge in [0.2, 0.25) is 0 Å². The molecule has 0 unspecified atom stereocenters. The van der Waals surface area contributed by atoms with Gasteiger partial charge in [-0.15, -0.1) is 0 Å². The Labute approximate surface area is 81.2 Å². The molecule has 0 atom stereocenters. The van der Waals surface area contributed by atoms with Gasteiger partial charge < -0.3 is 9.80 Å². The van der Waals surface area contributed by atoms with Gasteiger partial charge in [0, 0.05) is 25.5 Å². The maximum absolute atomic E-state index is 2.48. The highest BCUT2D eigenvalue weighted by Crippen LogP contribution is 2.37. The lowest BCUT2D eigenvalue weighted by molar-refractivity contribution is 0.181. The molecule has 0 radical (unpaired) electrons. The summed E-state index contributed by atoms with van der Waals surface area (Å²) in [7, 11) is 4.50. The highest BCUT2D eigenvalue weighted by molar-refractivity contribution is 5.21. The third-order valence-electron chi connectivity index (χ3n) is 3.52. The van der Waals surface area contributed by atoms with E-state index in [1.807, 2.05) is 0 Å². The van der Waals surface area contributed by atoms with Crippen LogP contribution in [0.3, 0.4) is 0 Å². The lowest BCUT2D eigenvalue weighted by atomic mass is 10.0. The van der Waals surface area contributed by atoms with Crippen LogP contribution in [0, 0.1) is 0 Å². The Hall–Kier alpha value is -0.660. The van der Waals surface area contributed by atoms with E-state index >= 15 is 0 Å². The third-order valence-corrected chi connectivity index (χ3v) is 3.52. The molecule has 2 aliphatic rings. The molecule has 1 aliphatic carbocycles. The van der Waals surface area contributed by atoms with Crippen LogP contribution in [0.4, 0.5) is 0 Å². The van der Waals surface area contributed by atoms with E-state index in [4.69, 9.17) is 0 Å². The van der Waals surface area contributed by atoms with Crippen molar-refractivity contribution < 1.29 is 0 Å². The van der Waals surface area contributed by atoms with Crippen LogP contribution in [-0.4, -0.2) is 30.1 Å². The van der Waals surface area contributed by atoms with Gasteiger partial charge in [-0.05, 0) is 32.1 Å². The molecule has 2 nitrogen and oxygen atoms in total.